The van der Waals surface area contributed by atoms with Gasteiger partial charge in [-0.2, -0.15) is 0 Å². The van der Waals surface area contributed by atoms with E-state index in [1.807, 2.05) is 0 Å². The molecule has 2 fully saturated rings. The Balaban J connectivity index is 1.76. The molecule has 0 aromatic carbocycles. The van der Waals surface area contributed by atoms with E-state index in [0.717, 1.165) is 18.1 Å². The van der Waals surface area contributed by atoms with E-state index in [1.165, 1.54) is 45.3 Å². The summed E-state index contributed by atoms with van der Waals surface area (Å²) in [4.78, 5) is 5.34. The van der Waals surface area contributed by atoms with Gasteiger partial charge in [0, 0.05) is 24.7 Å². The van der Waals surface area contributed by atoms with Gasteiger partial charge in [-0.15, -0.1) is 0 Å². The smallest absolute Gasteiger partial charge is 0.0125 e. The minimum Gasteiger partial charge on any atom is -0.301 e. The largest absolute Gasteiger partial charge is 0.301 e. The zero-order valence-electron chi connectivity index (χ0n) is 10.6. The molecule has 0 amide bonds. The van der Waals surface area contributed by atoms with Gasteiger partial charge in [0.1, 0.15) is 0 Å². The van der Waals surface area contributed by atoms with Crippen LogP contribution in [0, 0.1) is 0 Å². The van der Waals surface area contributed by atoms with Gasteiger partial charge < -0.3 is 4.90 Å². The van der Waals surface area contributed by atoms with Crippen LogP contribution >= 0.6 is 0 Å². The summed E-state index contributed by atoms with van der Waals surface area (Å²) in [6.07, 6.45) is 5.65. The van der Waals surface area contributed by atoms with Crippen LogP contribution in [0.3, 0.4) is 0 Å². The summed E-state index contributed by atoms with van der Waals surface area (Å²) in [6.45, 7) is 11.1. The third-order valence-corrected chi connectivity index (χ3v) is 4.23. The second-order valence-corrected chi connectivity index (χ2v) is 5.60. The van der Waals surface area contributed by atoms with Gasteiger partial charge in [0.25, 0.3) is 0 Å². The molecule has 2 saturated heterocycles. The van der Waals surface area contributed by atoms with Gasteiger partial charge >= 0.3 is 0 Å². The summed E-state index contributed by atoms with van der Waals surface area (Å²) in [7, 11) is 0. The lowest BCUT2D eigenvalue weighted by atomic mass is 9.94. The van der Waals surface area contributed by atoms with Crippen molar-refractivity contribution in [2.45, 2.75) is 64.6 Å². The van der Waals surface area contributed by atoms with Crippen LogP contribution in [-0.4, -0.2) is 47.6 Å². The summed E-state index contributed by atoms with van der Waals surface area (Å²) >= 11 is 0. The minimum atomic E-state index is 0.745. The molecule has 2 atom stereocenters. The number of nitrogens with zero attached hydrogens (tertiary/aromatic N) is 2. The Morgan fingerprint density at radius 2 is 1.73 bits per heavy atom. The molecular weight excluding hydrogens is 184 g/mol. The minimum absolute atomic E-state index is 0.745. The van der Waals surface area contributed by atoms with Crippen LogP contribution in [0.15, 0.2) is 0 Å². The van der Waals surface area contributed by atoms with Crippen molar-refractivity contribution in [1.82, 2.24) is 9.80 Å². The fourth-order valence-electron chi connectivity index (χ4n) is 3.12. The molecule has 2 heteroatoms. The van der Waals surface area contributed by atoms with Crippen molar-refractivity contribution in [3.63, 3.8) is 0 Å². The van der Waals surface area contributed by atoms with Gasteiger partial charge in [-0.1, -0.05) is 0 Å². The van der Waals surface area contributed by atoms with Crippen molar-refractivity contribution in [3.05, 3.63) is 0 Å². The van der Waals surface area contributed by atoms with Crippen LogP contribution in [0.25, 0.3) is 0 Å². The van der Waals surface area contributed by atoms with Crippen LogP contribution in [0.2, 0.25) is 0 Å². The number of hydrogen-bond donors (Lipinski definition) is 0. The van der Waals surface area contributed by atoms with Gasteiger partial charge in [0.2, 0.25) is 0 Å². The van der Waals surface area contributed by atoms with Crippen molar-refractivity contribution in [3.8, 4) is 0 Å². The van der Waals surface area contributed by atoms with E-state index in [0.29, 0.717) is 0 Å². The van der Waals surface area contributed by atoms with Crippen LogP contribution in [-0.2, 0) is 0 Å². The normalized spacial score (nSPS) is 30.8. The van der Waals surface area contributed by atoms with E-state index < -0.39 is 0 Å². The highest BCUT2D eigenvalue weighted by Crippen LogP contribution is 2.26. The average molecular weight is 210 g/mol. The molecule has 0 saturated carbocycles. The molecule has 2 aliphatic heterocycles. The zero-order chi connectivity index (χ0) is 10.8. The molecule has 2 rings (SSSR count). The topological polar surface area (TPSA) is 6.48 Å². The van der Waals surface area contributed by atoms with Crippen LogP contribution in [0.5, 0.6) is 0 Å². The maximum Gasteiger partial charge on any atom is 0.0125 e. The molecule has 2 aliphatic rings. The highest BCUT2D eigenvalue weighted by molar-refractivity contribution is 4.88. The average Bonchev–Trinajstić information content (AvgIpc) is 2.63. The monoisotopic (exact) mass is 210 g/mol. The summed E-state index contributed by atoms with van der Waals surface area (Å²) in [6, 6.07) is 2.43. The molecule has 2 unspecified atom stereocenters. The van der Waals surface area contributed by atoms with Crippen molar-refractivity contribution in [2.75, 3.05) is 19.6 Å². The molecule has 2 heterocycles. The van der Waals surface area contributed by atoms with Gasteiger partial charge in [0.15, 0.2) is 0 Å². The molecule has 0 bridgehead atoms. The molecule has 0 spiro atoms. The van der Waals surface area contributed by atoms with E-state index in [2.05, 4.69) is 30.6 Å². The Bertz CT molecular complexity index is 195. The first-order valence-electron chi connectivity index (χ1n) is 6.68. The molecule has 0 aromatic rings. The highest BCUT2D eigenvalue weighted by Gasteiger charge is 2.32. The standard InChI is InChI=1S/C13H26N2/c1-11(2)15-9-6-13(15)10-12(3)14-7-4-5-8-14/h11-13H,4-10H2,1-3H3. The lowest BCUT2D eigenvalue weighted by Gasteiger charge is -2.46. The Labute approximate surface area is 94.6 Å². The van der Waals surface area contributed by atoms with E-state index in [-0.39, 0.29) is 0 Å². The van der Waals surface area contributed by atoms with Crippen molar-refractivity contribution in [2.24, 2.45) is 0 Å². The Hall–Kier alpha value is -0.0800. The lowest BCUT2D eigenvalue weighted by Crippen LogP contribution is -2.53. The molecule has 0 N–H and O–H groups in total. The highest BCUT2D eigenvalue weighted by atomic mass is 15.2. The third kappa shape index (κ3) is 2.54. The Kier molecular flexibility index (Phi) is 3.68. The van der Waals surface area contributed by atoms with Crippen LogP contribution in [0.4, 0.5) is 0 Å². The summed E-state index contributed by atoms with van der Waals surface area (Å²) in [5, 5.41) is 0. The van der Waals surface area contributed by atoms with Gasteiger partial charge in [-0.05, 0) is 59.5 Å². The quantitative estimate of drug-likeness (QED) is 0.703. The Morgan fingerprint density at radius 1 is 1.07 bits per heavy atom. The van der Waals surface area contributed by atoms with Crippen molar-refractivity contribution in [1.29, 1.82) is 0 Å². The van der Waals surface area contributed by atoms with Crippen LogP contribution < -0.4 is 0 Å². The summed E-state index contributed by atoms with van der Waals surface area (Å²) in [5.41, 5.74) is 0. The summed E-state index contributed by atoms with van der Waals surface area (Å²) < 4.78 is 0. The predicted octanol–water partition coefficient (Wildman–Crippen LogP) is 2.34. The molecule has 0 radical (unpaired) electrons. The van der Waals surface area contributed by atoms with E-state index in [4.69, 9.17) is 0 Å². The number of likely N-dealkylation sites (tertiary alicyclic amines) is 2. The van der Waals surface area contributed by atoms with E-state index in [9.17, 15) is 0 Å². The molecule has 0 aromatic heterocycles. The first kappa shape index (κ1) is 11.4. The zero-order valence-corrected chi connectivity index (χ0v) is 10.6. The fourth-order valence-corrected chi connectivity index (χ4v) is 3.12. The second kappa shape index (κ2) is 4.84. The lowest BCUT2D eigenvalue weighted by molar-refractivity contribution is 0.0335. The first-order valence-corrected chi connectivity index (χ1v) is 6.68. The second-order valence-electron chi connectivity index (χ2n) is 5.60. The first-order chi connectivity index (χ1) is 7.18. The fraction of sp³-hybridized carbons (Fsp3) is 1.00. The number of hydrogen-bond acceptors (Lipinski definition) is 2. The molecule has 88 valence electrons. The molecule has 0 aliphatic carbocycles. The van der Waals surface area contributed by atoms with E-state index >= 15 is 0 Å². The molecule has 15 heavy (non-hydrogen) atoms. The van der Waals surface area contributed by atoms with Gasteiger partial charge in [-0.3, -0.25) is 4.90 Å². The van der Waals surface area contributed by atoms with Gasteiger partial charge in [0.05, 0.1) is 0 Å². The van der Waals surface area contributed by atoms with E-state index in [1.54, 1.807) is 0 Å². The predicted molar refractivity (Wildman–Crippen MR) is 65.1 cm³/mol. The third-order valence-electron chi connectivity index (χ3n) is 4.23. The van der Waals surface area contributed by atoms with Crippen molar-refractivity contribution >= 4 is 0 Å². The number of rotatable bonds is 4. The maximum atomic E-state index is 2.68. The molecule has 2 nitrogen and oxygen atoms in total. The maximum absolute atomic E-state index is 2.68. The van der Waals surface area contributed by atoms with Crippen LogP contribution in [0.1, 0.15) is 46.5 Å². The SMILES string of the molecule is CC(CC1CCN1C(C)C)N1CCCC1. The summed E-state index contributed by atoms with van der Waals surface area (Å²) in [5.74, 6) is 0. The van der Waals surface area contributed by atoms with Gasteiger partial charge in [-0.25, -0.2) is 0 Å². The Morgan fingerprint density at radius 3 is 2.20 bits per heavy atom. The van der Waals surface area contributed by atoms with Crippen molar-refractivity contribution < 1.29 is 0 Å². The molecular formula is C13H26N2.